The van der Waals surface area contributed by atoms with Gasteiger partial charge in [0.25, 0.3) is 5.92 Å². The van der Waals surface area contributed by atoms with Gasteiger partial charge in [-0.15, -0.1) is 0 Å². The summed E-state index contributed by atoms with van der Waals surface area (Å²) in [6.45, 7) is 1.82. The number of rotatable bonds is 5. The molecule has 0 aliphatic rings. The van der Waals surface area contributed by atoms with Crippen molar-refractivity contribution in [2.75, 3.05) is 18.5 Å². The molecule has 0 fully saturated rings. The van der Waals surface area contributed by atoms with Crippen LogP contribution in [0.5, 0.6) is 0 Å². The van der Waals surface area contributed by atoms with E-state index < -0.39 is 19.1 Å². The number of aromatic nitrogens is 2. The summed E-state index contributed by atoms with van der Waals surface area (Å²) < 4.78 is 25.5. The fourth-order valence-electron chi connectivity index (χ4n) is 1.18. The van der Waals surface area contributed by atoms with Crippen molar-refractivity contribution in [3.63, 3.8) is 0 Å². The topological polar surface area (TPSA) is 58.0 Å². The van der Waals surface area contributed by atoms with Crippen molar-refractivity contribution in [2.24, 2.45) is 0 Å². The van der Waals surface area contributed by atoms with Gasteiger partial charge < -0.3 is 10.4 Å². The molecular weight excluding hydrogens is 216 g/mol. The number of aliphatic hydroxyl groups excluding tert-OH is 1. The lowest BCUT2D eigenvalue weighted by atomic mass is 10.3. The highest BCUT2D eigenvalue weighted by Crippen LogP contribution is 2.14. The molecule has 16 heavy (non-hydrogen) atoms. The van der Waals surface area contributed by atoms with Crippen molar-refractivity contribution >= 4 is 5.82 Å². The summed E-state index contributed by atoms with van der Waals surface area (Å²) in [5.74, 6) is -2.24. The summed E-state index contributed by atoms with van der Waals surface area (Å²) >= 11 is 0. The van der Waals surface area contributed by atoms with Crippen LogP contribution in [0, 0.1) is 6.92 Å². The van der Waals surface area contributed by atoms with Crippen molar-refractivity contribution in [1.29, 1.82) is 0 Å². The third-order valence-electron chi connectivity index (χ3n) is 2.01. The number of anilines is 1. The van der Waals surface area contributed by atoms with Crippen LogP contribution in [0.15, 0.2) is 6.07 Å². The zero-order chi connectivity index (χ0) is 12.2. The van der Waals surface area contributed by atoms with Gasteiger partial charge in [-0.3, -0.25) is 0 Å². The van der Waals surface area contributed by atoms with E-state index in [0.717, 1.165) is 5.69 Å². The Morgan fingerprint density at radius 1 is 1.44 bits per heavy atom. The van der Waals surface area contributed by atoms with Crippen LogP contribution in [0.3, 0.4) is 0 Å². The Labute approximate surface area is 92.7 Å². The fourth-order valence-corrected chi connectivity index (χ4v) is 1.18. The first kappa shape index (κ1) is 12.8. The zero-order valence-corrected chi connectivity index (χ0v) is 9.30. The first-order valence-corrected chi connectivity index (χ1v) is 5.04. The van der Waals surface area contributed by atoms with Gasteiger partial charge in [0, 0.05) is 11.8 Å². The van der Waals surface area contributed by atoms with Gasteiger partial charge in [0.05, 0.1) is 6.54 Å². The Morgan fingerprint density at radius 2 is 2.12 bits per heavy atom. The fraction of sp³-hybridized carbons (Fsp3) is 0.600. The van der Waals surface area contributed by atoms with Crippen molar-refractivity contribution in [3.05, 3.63) is 17.6 Å². The predicted molar refractivity (Wildman–Crippen MR) is 56.7 cm³/mol. The first-order valence-electron chi connectivity index (χ1n) is 5.04. The van der Waals surface area contributed by atoms with Crippen LogP contribution in [0.25, 0.3) is 0 Å². The molecule has 0 bridgehead atoms. The highest BCUT2D eigenvalue weighted by Gasteiger charge is 2.27. The van der Waals surface area contributed by atoms with Crippen LogP contribution in [0.4, 0.5) is 14.6 Å². The maximum Gasteiger partial charge on any atom is 0.287 e. The van der Waals surface area contributed by atoms with Crippen molar-refractivity contribution in [3.8, 4) is 0 Å². The van der Waals surface area contributed by atoms with Crippen molar-refractivity contribution in [2.45, 2.75) is 26.2 Å². The van der Waals surface area contributed by atoms with Crippen LogP contribution < -0.4 is 5.32 Å². The lowest BCUT2D eigenvalue weighted by molar-refractivity contribution is -0.0373. The second kappa shape index (κ2) is 5.16. The van der Waals surface area contributed by atoms with E-state index in [1.165, 1.54) is 0 Å². The normalized spacial score (nSPS) is 11.6. The summed E-state index contributed by atoms with van der Waals surface area (Å²) in [5.41, 5.74) is 0.794. The molecule has 6 heteroatoms. The van der Waals surface area contributed by atoms with Gasteiger partial charge in [-0.1, -0.05) is 6.92 Å². The van der Waals surface area contributed by atoms with E-state index >= 15 is 0 Å². The molecule has 1 aromatic rings. The van der Waals surface area contributed by atoms with Crippen LogP contribution in [-0.2, 0) is 6.42 Å². The quantitative estimate of drug-likeness (QED) is 0.804. The molecule has 0 radical (unpaired) electrons. The van der Waals surface area contributed by atoms with E-state index in [1.807, 2.05) is 6.92 Å². The van der Waals surface area contributed by atoms with E-state index in [2.05, 4.69) is 15.3 Å². The number of alkyl halides is 2. The second-order valence-corrected chi connectivity index (χ2v) is 3.51. The summed E-state index contributed by atoms with van der Waals surface area (Å²) in [5, 5.41) is 10.9. The number of hydrogen-bond donors (Lipinski definition) is 2. The molecule has 4 nitrogen and oxygen atoms in total. The molecular formula is C10H15F2N3O. The van der Waals surface area contributed by atoms with E-state index in [0.29, 0.717) is 18.1 Å². The number of halogens is 2. The van der Waals surface area contributed by atoms with Crippen molar-refractivity contribution in [1.82, 2.24) is 9.97 Å². The minimum atomic E-state index is -3.13. The number of aryl methyl sites for hydroxylation is 2. The van der Waals surface area contributed by atoms with Gasteiger partial charge in [0.1, 0.15) is 18.2 Å². The van der Waals surface area contributed by atoms with Gasteiger partial charge in [0.2, 0.25) is 0 Å². The minimum absolute atomic E-state index is 0.359. The number of hydrogen-bond acceptors (Lipinski definition) is 4. The molecule has 0 saturated heterocycles. The Bertz CT molecular complexity index is 358. The standard InChI is InChI=1S/C10H15F2N3O/c1-3-8-4-9(15-7(2)14-8)13-5-10(11,12)6-16/h4,16H,3,5-6H2,1-2H3,(H,13,14,15). The summed E-state index contributed by atoms with van der Waals surface area (Å²) in [7, 11) is 0. The summed E-state index contributed by atoms with van der Waals surface area (Å²) in [4.78, 5) is 8.11. The van der Waals surface area contributed by atoms with Gasteiger partial charge >= 0.3 is 0 Å². The SMILES string of the molecule is CCc1cc(NCC(F)(F)CO)nc(C)n1. The molecule has 1 aromatic heterocycles. The largest absolute Gasteiger partial charge is 0.390 e. The van der Waals surface area contributed by atoms with Gasteiger partial charge in [-0.05, 0) is 13.3 Å². The first-order chi connectivity index (χ1) is 7.46. The lowest BCUT2D eigenvalue weighted by Gasteiger charge is -2.14. The molecule has 0 saturated carbocycles. The smallest absolute Gasteiger partial charge is 0.287 e. The van der Waals surface area contributed by atoms with Crippen LogP contribution in [0.2, 0.25) is 0 Å². The molecule has 0 unspecified atom stereocenters. The van der Waals surface area contributed by atoms with E-state index in [9.17, 15) is 8.78 Å². The van der Waals surface area contributed by atoms with Gasteiger partial charge in [-0.2, -0.15) is 0 Å². The Hall–Kier alpha value is -1.30. The Balaban J connectivity index is 2.70. The maximum absolute atomic E-state index is 12.8. The molecule has 1 rings (SSSR count). The third-order valence-corrected chi connectivity index (χ3v) is 2.01. The zero-order valence-electron chi connectivity index (χ0n) is 9.30. The molecule has 0 spiro atoms. The number of nitrogens with zero attached hydrogens (tertiary/aromatic N) is 2. The monoisotopic (exact) mass is 231 g/mol. The molecule has 0 aliphatic heterocycles. The Kier molecular flexibility index (Phi) is 4.12. The van der Waals surface area contributed by atoms with Crippen LogP contribution in [-0.4, -0.2) is 34.1 Å². The van der Waals surface area contributed by atoms with Crippen LogP contribution >= 0.6 is 0 Å². The minimum Gasteiger partial charge on any atom is -0.390 e. The molecule has 0 amide bonds. The average Bonchev–Trinajstić information content (AvgIpc) is 2.26. The molecule has 0 atom stereocenters. The van der Waals surface area contributed by atoms with Crippen LogP contribution in [0.1, 0.15) is 18.4 Å². The number of nitrogens with one attached hydrogen (secondary N) is 1. The number of aliphatic hydroxyl groups is 1. The highest BCUT2D eigenvalue weighted by atomic mass is 19.3. The molecule has 90 valence electrons. The Morgan fingerprint density at radius 3 is 2.69 bits per heavy atom. The molecule has 0 aliphatic carbocycles. The third kappa shape index (κ3) is 3.69. The average molecular weight is 231 g/mol. The van der Waals surface area contributed by atoms with E-state index in [4.69, 9.17) is 5.11 Å². The van der Waals surface area contributed by atoms with Gasteiger partial charge in [-0.25, -0.2) is 18.7 Å². The second-order valence-electron chi connectivity index (χ2n) is 3.51. The lowest BCUT2D eigenvalue weighted by Crippen LogP contribution is -2.31. The summed E-state index contributed by atoms with van der Waals surface area (Å²) in [6.07, 6.45) is 0.717. The molecule has 1 heterocycles. The maximum atomic E-state index is 12.8. The molecule has 0 aromatic carbocycles. The summed E-state index contributed by atoms with van der Waals surface area (Å²) in [6, 6.07) is 1.63. The molecule has 2 N–H and O–H groups in total. The van der Waals surface area contributed by atoms with E-state index in [-0.39, 0.29) is 0 Å². The van der Waals surface area contributed by atoms with Gasteiger partial charge in [0.15, 0.2) is 0 Å². The highest BCUT2D eigenvalue weighted by molar-refractivity contribution is 5.36. The predicted octanol–water partition coefficient (Wildman–Crippen LogP) is 1.39. The van der Waals surface area contributed by atoms with Crippen molar-refractivity contribution < 1.29 is 13.9 Å². The van der Waals surface area contributed by atoms with E-state index in [1.54, 1.807) is 13.0 Å².